The van der Waals surface area contributed by atoms with E-state index in [2.05, 4.69) is 9.89 Å². The highest BCUT2D eigenvalue weighted by Crippen LogP contribution is 2.20. The van der Waals surface area contributed by atoms with E-state index in [1.54, 1.807) is 0 Å². The van der Waals surface area contributed by atoms with E-state index in [0.717, 1.165) is 22.6 Å². The van der Waals surface area contributed by atoms with E-state index < -0.39 is 12.1 Å². The molecule has 1 heterocycles. The normalized spacial score (nSPS) is 16.4. The molecule has 0 fully saturated rings. The largest absolute Gasteiger partial charge is 0.489 e. The van der Waals surface area contributed by atoms with Gasteiger partial charge in [0.1, 0.15) is 12.4 Å². The first-order chi connectivity index (χ1) is 11.3. The molecule has 0 aliphatic carbocycles. The molecule has 0 unspecified atom stereocenters. The van der Waals surface area contributed by atoms with Crippen LogP contribution in [0.4, 0.5) is 0 Å². The number of carbonyl (C=O) groups is 1. The molecule has 0 bridgehead atoms. The van der Waals surface area contributed by atoms with Crippen molar-refractivity contribution in [1.82, 2.24) is 0 Å². The van der Waals surface area contributed by atoms with Gasteiger partial charge < -0.3 is 14.3 Å². The number of nitrogens with zero attached hydrogens (tertiary/aromatic N) is 1. The molecular formula is C18H17NO4. The molecule has 5 heteroatoms. The van der Waals surface area contributed by atoms with Crippen LogP contribution in [-0.4, -0.2) is 24.9 Å². The summed E-state index contributed by atoms with van der Waals surface area (Å²) in [7, 11) is 1.34. The topological polar surface area (TPSA) is 57.1 Å². The maximum Gasteiger partial charge on any atom is 0.350 e. The van der Waals surface area contributed by atoms with Gasteiger partial charge in [0, 0.05) is 6.42 Å². The van der Waals surface area contributed by atoms with Gasteiger partial charge in [0.25, 0.3) is 0 Å². The van der Waals surface area contributed by atoms with Crippen molar-refractivity contribution in [2.75, 3.05) is 7.11 Å². The van der Waals surface area contributed by atoms with Gasteiger partial charge in [0.05, 0.1) is 12.8 Å². The minimum absolute atomic E-state index is 0.411. The Morgan fingerprint density at radius 1 is 1.17 bits per heavy atom. The first kappa shape index (κ1) is 15.1. The molecule has 0 saturated heterocycles. The summed E-state index contributed by atoms with van der Waals surface area (Å²) in [4.78, 5) is 16.5. The summed E-state index contributed by atoms with van der Waals surface area (Å²) in [6.45, 7) is 0.522. The second-order valence-electron chi connectivity index (χ2n) is 5.16. The van der Waals surface area contributed by atoms with Crippen LogP contribution in [0.25, 0.3) is 0 Å². The fraction of sp³-hybridized carbons (Fsp3) is 0.222. The summed E-state index contributed by atoms with van der Waals surface area (Å²) >= 11 is 0. The van der Waals surface area contributed by atoms with Gasteiger partial charge in [-0.05, 0) is 35.4 Å². The molecule has 0 N–H and O–H groups in total. The van der Waals surface area contributed by atoms with E-state index in [-0.39, 0.29) is 0 Å². The number of carbonyl (C=O) groups excluding carboxylic acids is 1. The second kappa shape index (κ2) is 6.96. The number of rotatable bonds is 5. The van der Waals surface area contributed by atoms with Crippen LogP contribution in [0.5, 0.6) is 5.75 Å². The molecule has 0 saturated carbocycles. The highest BCUT2D eigenvalue weighted by atomic mass is 16.7. The van der Waals surface area contributed by atoms with Crippen LogP contribution < -0.4 is 4.74 Å². The van der Waals surface area contributed by atoms with Crippen molar-refractivity contribution in [3.63, 3.8) is 0 Å². The summed E-state index contributed by atoms with van der Waals surface area (Å²) in [6.07, 6.45) is -0.235. The third-order valence-electron chi connectivity index (χ3n) is 3.57. The molecule has 5 nitrogen and oxygen atoms in total. The number of ether oxygens (including phenoxy) is 2. The van der Waals surface area contributed by atoms with E-state index in [9.17, 15) is 4.79 Å². The number of methoxy groups -OCH3 is 1. The van der Waals surface area contributed by atoms with Gasteiger partial charge in [0.2, 0.25) is 6.10 Å². The maximum absolute atomic E-state index is 11.4. The van der Waals surface area contributed by atoms with Crippen molar-refractivity contribution in [3.8, 4) is 5.75 Å². The number of esters is 1. The van der Waals surface area contributed by atoms with Gasteiger partial charge in [0.15, 0.2) is 0 Å². The molecular weight excluding hydrogens is 294 g/mol. The van der Waals surface area contributed by atoms with Crippen molar-refractivity contribution in [1.29, 1.82) is 0 Å². The van der Waals surface area contributed by atoms with Crippen LogP contribution in [0.3, 0.4) is 0 Å². The van der Waals surface area contributed by atoms with E-state index in [1.165, 1.54) is 7.11 Å². The molecule has 1 aliphatic heterocycles. The van der Waals surface area contributed by atoms with Crippen molar-refractivity contribution in [2.24, 2.45) is 5.16 Å². The third kappa shape index (κ3) is 3.69. The number of hydrogen-bond acceptors (Lipinski definition) is 5. The van der Waals surface area contributed by atoms with Crippen LogP contribution in [0, 0.1) is 0 Å². The molecule has 0 spiro atoms. The van der Waals surface area contributed by atoms with Crippen molar-refractivity contribution in [2.45, 2.75) is 19.1 Å². The molecule has 2 aromatic carbocycles. The van der Waals surface area contributed by atoms with Gasteiger partial charge in [-0.15, -0.1) is 0 Å². The average molecular weight is 311 g/mol. The van der Waals surface area contributed by atoms with E-state index >= 15 is 0 Å². The molecule has 0 radical (unpaired) electrons. The summed E-state index contributed by atoms with van der Waals surface area (Å²) < 4.78 is 10.4. The summed E-state index contributed by atoms with van der Waals surface area (Å²) in [5, 5.41) is 3.95. The lowest BCUT2D eigenvalue weighted by atomic mass is 10.1. The van der Waals surface area contributed by atoms with E-state index in [4.69, 9.17) is 9.57 Å². The lowest BCUT2D eigenvalue weighted by molar-refractivity contribution is -0.152. The standard InChI is InChI=1S/C18H17NO4/c1-21-18(20)17-11-16(19-23-17)14-7-9-15(10-8-14)22-12-13-5-3-2-4-6-13/h2-10,17H,11-12H2,1H3/t17-/m1/s1. The Labute approximate surface area is 134 Å². The van der Waals surface area contributed by atoms with E-state index in [1.807, 2.05) is 54.6 Å². The van der Waals surface area contributed by atoms with Crippen LogP contribution >= 0.6 is 0 Å². The summed E-state index contributed by atoms with van der Waals surface area (Å²) in [6, 6.07) is 17.6. The highest BCUT2D eigenvalue weighted by Gasteiger charge is 2.29. The monoisotopic (exact) mass is 311 g/mol. The van der Waals surface area contributed by atoms with Crippen LogP contribution in [0.1, 0.15) is 17.5 Å². The van der Waals surface area contributed by atoms with Gasteiger partial charge in [-0.3, -0.25) is 0 Å². The third-order valence-corrected chi connectivity index (χ3v) is 3.57. The fourth-order valence-corrected chi connectivity index (χ4v) is 2.29. The van der Waals surface area contributed by atoms with Crippen LogP contribution in [-0.2, 0) is 21.0 Å². The molecule has 23 heavy (non-hydrogen) atoms. The number of oxime groups is 1. The lowest BCUT2D eigenvalue weighted by Crippen LogP contribution is -2.22. The average Bonchev–Trinajstić information content (AvgIpc) is 3.11. The molecule has 3 rings (SSSR count). The Morgan fingerprint density at radius 3 is 2.61 bits per heavy atom. The Kier molecular flexibility index (Phi) is 4.57. The second-order valence-corrected chi connectivity index (χ2v) is 5.16. The molecule has 1 atom stereocenters. The quantitative estimate of drug-likeness (QED) is 0.797. The van der Waals surface area contributed by atoms with Gasteiger partial charge in [-0.25, -0.2) is 4.79 Å². The van der Waals surface area contributed by atoms with Gasteiger partial charge in [-0.1, -0.05) is 35.5 Å². The molecule has 2 aromatic rings. The Hall–Kier alpha value is -2.82. The lowest BCUT2D eigenvalue weighted by Gasteiger charge is -2.07. The number of hydrogen-bond donors (Lipinski definition) is 0. The Bertz CT molecular complexity index is 695. The van der Waals surface area contributed by atoms with Crippen LogP contribution in [0.15, 0.2) is 59.8 Å². The van der Waals surface area contributed by atoms with Crippen molar-refractivity contribution < 1.29 is 19.1 Å². The first-order valence-electron chi connectivity index (χ1n) is 7.34. The zero-order chi connectivity index (χ0) is 16.1. The Morgan fingerprint density at radius 2 is 1.91 bits per heavy atom. The van der Waals surface area contributed by atoms with Crippen molar-refractivity contribution in [3.05, 3.63) is 65.7 Å². The van der Waals surface area contributed by atoms with Gasteiger partial charge in [-0.2, -0.15) is 0 Å². The van der Waals surface area contributed by atoms with Crippen molar-refractivity contribution >= 4 is 11.7 Å². The molecule has 1 aliphatic rings. The van der Waals surface area contributed by atoms with Gasteiger partial charge >= 0.3 is 5.97 Å². The molecule has 0 aromatic heterocycles. The minimum Gasteiger partial charge on any atom is -0.489 e. The zero-order valence-electron chi connectivity index (χ0n) is 12.8. The molecule has 118 valence electrons. The predicted octanol–water partition coefficient (Wildman–Crippen LogP) is 2.93. The van der Waals surface area contributed by atoms with E-state index in [0.29, 0.717) is 13.0 Å². The minimum atomic E-state index is -0.649. The van der Waals surface area contributed by atoms with Crippen LogP contribution in [0.2, 0.25) is 0 Å². The molecule has 0 amide bonds. The highest BCUT2D eigenvalue weighted by molar-refractivity contribution is 6.03. The summed E-state index contributed by atoms with van der Waals surface area (Å²) in [5.41, 5.74) is 2.75. The maximum atomic E-state index is 11.4. The zero-order valence-corrected chi connectivity index (χ0v) is 12.8. The predicted molar refractivity (Wildman–Crippen MR) is 85.3 cm³/mol. The number of benzene rings is 2. The first-order valence-corrected chi connectivity index (χ1v) is 7.34. The fourth-order valence-electron chi connectivity index (χ4n) is 2.29. The summed E-state index contributed by atoms with van der Waals surface area (Å²) in [5.74, 6) is 0.369. The smallest absolute Gasteiger partial charge is 0.350 e. The Balaban J connectivity index is 1.58. The SMILES string of the molecule is COC(=O)[C@H]1CC(c2ccc(OCc3ccccc3)cc2)=NO1.